The van der Waals surface area contributed by atoms with E-state index in [1.165, 1.54) is 35.3 Å². The maximum absolute atomic E-state index is 12.4. The van der Waals surface area contributed by atoms with Crippen molar-refractivity contribution in [3.8, 4) is 5.75 Å². The smallest absolute Gasteiger partial charge is 0.457 e. The fourth-order valence-corrected chi connectivity index (χ4v) is 3.71. The number of nitrogens with zero attached hydrogens (tertiary/aromatic N) is 4. The third kappa shape index (κ3) is 8.02. The van der Waals surface area contributed by atoms with Gasteiger partial charge >= 0.3 is 6.36 Å². The van der Waals surface area contributed by atoms with E-state index in [1.54, 1.807) is 6.07 Å². The van der Waals surface area contributed by atoms with E-state index in [9.17, 15) is 22.8 Å². The molecule has 0 saturated carbocycles. The number of benzene rings is 2. The predicted octanol–water partition coefficient (Wildman–Crippen LogP) is 3.85. The van der Waals surface area contributed by atoms with Crippen molar-refractivity contribution in [2.45, 2.75) is 38.8 Å². The van der Waals surface area contributed by atoms with Crippen molar-refractivity contribution in [3.05, 3.63) is 77.4 Å². The molecular formula is C25H25F3N8O4. The third-order valence-corrected chi connectivity index (χ3v) is 5.61. The number of amides is 2. The monoisotopic (exact) mass is 558 g/mol. The molecule has 3 heterocycles. The summed E-state index contributed by atoms with van der Waals surface area (Å²) in [5.41, 5.74) is 9.95. The summed E-state index contributed by atoms with van der Waals surface area (Å²) < 4.78 is 47.9. The number of rotatable bonds is 14. The molecule has 0 atom stereocenters. The molecule has 0 saturated heterocycles. The lowest BCUT2D eigenvalue weighted by Crippen LogP contribution is -2.25. The zero-order valence-corrected chi connectivity index (χ0v) is 21.0. The number of fused-ring (bicyclic) bond motifs is 2. The number of unbranched alkanes of at least 4 members (excludes halogenated alkanes) is 1. The van der Waals surface area contributed by atoms with Crippen LogP contribution in [-0.2, 0) is 24.4 Å². The van der Waals surface area contributed by atoms with Crippen LogP contribution >= 0.6 is 0 Å². The fourth-order valence-electron chi connectivity index (χ4n) is 3.71. The maximum Gasteiger partial charge on any atom is 0.573 e. The van der Waals surface area contributed by atoms with Crippen LogP contribution in [0.4, 0.5) is 13.2 Å². The minimum atomic E-state index is -4.80. The number of furan rings is 2. The van der Waals surface area contributed by atoms with Gasteiger partial charge in [0, 0.05) is 37.9 Å². The molecular weight excluding hydrogens is 533 g/mol. The Kier molecular flexibility index (Phi) is 8.93. The Labute approximate surface area is 225 Å². The molecule has 0 fully saturated rings. The van der Waals surface area contributed by atoms with Crippen LogP contribution in [0.2, 0.25) is 0 Å². The number of ether oxygens (including phenoxy) is 1. The Morgan fingerprint density at radius 3 is 2.70 bits per heavy atom. The Bertz CT molecular complexity index is 1480. The Morgan fingerprint density at radius 1 is 1.12 bits per heavy atom. The van der Waals surface area contributed by atoms with Gasteiger partial charge in [0.05, 0.1) is 6.20 Å². The number of aromatic nitrogens is 3. The molecule has 0 aliphatic rings. The highest BCUT2D eigenvalue weighted by Gasteiger charge is 2.31. The molecule has 2 amide bonds. The molecule has 3 aromatic heterocycles. The van der Waals surface area contributed by atoms with Crippen LogP contribution in [0, 0.1) is 5.53 Å². The summed E-state index contributed by atoms with van der Waals surface area (Å²) in [6.45, 7) is 1.22. The van der Waals surface area contributed by atoms with E-state index in [-0.39, 0.29) is 30.2 Å². The highest BCUT2D eigenvalue weighted by molar-refractivity contribution is 5.93. The normalized spacial score (nSPS) is 11.9. The summed E-state index contributed by atoms with van der Waals surface area (Å²) in [6, 6.07) is 10.8. The fraction of sp³-hybridized carbons (Fsp3) is 0.280. The molecule has 210 valence electrons. The number of carbonyl (C=O) groups is 2. The van der Waals surface area contributed by atoms with Crippen molar-refractivity contribution in [2.24, 2.45) is 5.11 Å². The van der Waals surface area contributed by atoms with Gasteiger partial charge in [-0.15, -0.1) is 18.3 Å². The molecule has 15 heteroatoms. The standard InChI is InChI=1S/C25H25F3N8O4/c26-25(27,28)40-19-5-3-4-16(10-19)12-31-24(38)21-15-36(35-34-21)9-2-1-8-30-14-20(33-29)23(37)32-13-17-11-18-6-7-22(17)39-18/h3-7,10-11,14-15,29-30H,1-2,8-9,12-13H2,(H,31,38)(H,32,37)/b20-14-,33-29?. The quantitative estimate of drug-likeness (QED) is 0.104. The second-order valence-corrected chi connectivity index (χ2v) is 8.60. The molecule has 2 bridgehead atoms. The average molecular weight is 559 g/mol. The SMILES string of the molecule is N=N/C(=C\NCCCCn1cc(C(=O)NCc2cccc(OC(F)(F)F)c2)nn1)C(=O)NCc1cc2ccc1o2. The molecule has 4 rings (SSSR count). The lowest BCUT2D eigenvalue weighted by Gasteiger charge is -2.10. The minimum absolute atomic E-state index is 0.0206. The number of aryl methyl sites for hydroxylation is 1. The number of halogens is 3. The van der Waals surface area contributed by atoms with Crippen molar-refractivity contribution in [3.63, 3.8) is 0 Å². The van der Waals surface area contributed by atoms with Crippen LogP contribution in [0.1, 0.15) is 34.5 Å². The molecule has 0 radical (unpaired) electrons. The molecule has 40 heavy (non-hydrogen) atoms. The van der Waals surface area contributed by atoms with Crippen molar-refractivity contribution >= 4 is 23.0 Å². The van der Waals surface area contributed by atoms with Gasteiger partial charge in [-0.3, -0.25) is 14.3 Å². The average Bonchev–Trinajstić information content (AvgIpc) is 3.67. The van der Waals surface area contributed by atoms with Crippen molar-refractivity contribution in [1.82, 2.24) is 30.9 Å². The molecule has 4 aromatic rings. The van der Waals surface area contributed by atoms with Gasteiger partial charge in [-0.05, 0) is 48.7 Å². The summed E-state index contributed by atoms with van der Waals surface area (Å²) in [5.74, 6) is -1.39. The van der Waals surface area contributed by atoms with E-state index in [4.69, 9.17) is 9.95 Å². The first kappa shape index (κ1) is 28.1. The number of carbonyl (C=O) groups excluding carboxylic acids is 2. The molecule has 0 unspecified atom stereocenters. The van der Waals surface area contributed by atoms with Gasteiger partial charge in [0.2, 0.25) is 0 Å². The van der Waals surface area contributed by atoms with E-state index in [2.05, 4.69) is 36.1 Å². The lowest BCUT2D eigenvalue weighted by molar-refractivity contribution is -0.274. The Balaban J connectivity index is 1.14. The van der Waals surface area contributed by atoms with Crippen LogP contribution in [0.5, 0.6) is 5.75 Å². The number of hydrogen-bond acceptors (Lipinski definition) is 9. The van der Waals surface area contributed by atoms with Gasteiger partial charge in [-0.25, -0.2) is 5.53 Å². The first-order chi connectivity index (χ1) is 19.2. The molecule has 0 aliphatic heterocycles. The van der Waals surface area contributed by atoms with Crippen LogP contribution in [0.3, 0.4) is 0 Å². The van der Waals surface area contributed by atoms with E-state index in [0.717, 1.165) is 11.1 Å². The Hall–Kier alpha value is -4.95. The summed E-state index contributed by atoms with van der Waals surface area (Å²) in [4.78, 5) is 24.6. The summed E-state index contributed by atoms with van der Waals surface area (Å²) in [6.07, 6.45) is -0.593. The highest BCUT2D eigenvalue weighted by atomic mass is 19.4. The third-order valence-electron chi connectivity index (χ3n) is 5.61. The number of hydrogen-bond donors (Lipinski definition) is 4. The minimum Gasteiger partial charge on any atom is -0.457 e. The second-order valence-electron chi connectivity index (χ2n) is 8.60. The molecule has 0 aliphatic carbocycles. The second kappa shape index (κ2) is 12.7. The molecule has 4 N–H and O–H groups in total. The van der Waals surface area contributed by atoms with Gasteiger partial charge < -0.3 is 25.1 Å². The zero-order valence-electron chi connectivity index (χ0n) is 21.0. The van der Waals surface area contributed by atoms with Gasteiger partial charge in [-0.1, -0.05) is 17.3 Å². The van der Waals surface area contributed by atoms with Gasteiger partial charge in [0.15, 0.2) is 11.4 Å². The van der Waals surface area contributed by atoms with E-state index >= 15 is 0 Å². The van der Waals surface area contributed by atoms with Crippen molar-refractivity contribution in [1.29, 1.82) is 5.53 Å². The first-order valence-corrected chi connectivity index (χ1v) is 12.1. The molecule has 1 aromatic carbocycles. The van der Waals surface area contributed by atoms with Gasteiger partial charge in [-0.2, -0.15) is 5.11 Å². The predicted molar refractivity (Wildman–Crippen MR) is 134 cm³/mol. The number of alkyl halides is 3. The zero-order chi connectivity index (χ0) is 28.5. The van der Waals surface area contributed by atoms with Crippen LogP contribution in [-0.4, -0.2) is 39.7 Å². The summed E-state index contributed by atoms with van der Waals surface area (Å²) >= 11 is 0. The van der Waals surface area contributed by atoms with Gasteiger partial charge in [0.25, 0.3) is 11.8 Å². The van der Waals surface area contributed by atoms with Crippen LogP contribution in [0.25, 0.3) is 11.2 Å². The first-order valence-electron chi connectivity index (χ1n) is 12.1. The highest BCUT2D eigenvalue weighted by Crippen LogP contribution is 2.23. The Morgan fingerprint density at radius 2 is 1.98 bits per heavy atom. The van der Waals surface area contributed by atoms with E-state index in [1.807, 2.05) is 18.2 Å². The summed E-state index contributed by atoms with van der Waals surface area (Å²) in [5, 5.41) is 19.2. The van der Waals surface area contributed by atoms with E-state index < -0.39 is 18.2 Å². The van der Waals surface area contributed by atoms with Crippen LogP contribution < -0.4 is 20.7 Å². The lowest BCUT2D eigenvalue weighted by atomic mass is 10.2. The van der Waals surface area contributed by atoms with Gasteiger partial charge in [0.1, 0.15) is 16.9 Å². The van der Waals surface area contributed by atoms with Crippen LogP contribution in [0.15, 0.2) is 70.1 Å². The molecule has 0 spiro atoms. The maximum atomic E-state index is 12.4. The number of nitrogens with one attached hydrogen (secondary N) is 4. The van der Waals surface area contributed by atoms with Crippen molar-refractivity contribution in [2.75, 3.05) is 6.54 Å². The van der Waals surface area contributed by atoms with Crippen molar-refractivity contribution < 1.29 is 31.9 Å². The largest absolute Gasteiger partial charge is 0.573 e. The summed E-state index contributed by atoms with van der Waals surface area (Å²) in [7, 11) is 0. The topological polar surface area (TPSA) is 160 Å². The van der Waals surface area contributed by atoms with E-state index in [0.29, 0.717) is 37.1 Å². The molecule has 12 nitrogen and oxygen atoms in total.